The van der Waals surface area contributed by atoms with Gasteiger partial charge in [0.15, 0.2) is 9.04 Å². The maximum absolute atomic E-state index is 7.30. The van der Waals surface area contributed by atoms with Crippen molar-refractivity contribution in [3.63, 3.8) is 0 Å². The van der Waals surface area contributed by atoms with E-state index < -0.39 is 77.3 Å². The van der Waals surface area contributed by atoms with Gasteiger partial charge in [0.25, 0.3) is 0 Å². The van der Waals surface area contributed by atoms with Gasteiger partial charge >= 0.3 is 25.7 Å². The van der Waals surface area contributed by atoms with Crippen LogP contribution in [0.25, 0.3) is 0 Å². The second kappa shape index (κ2) is 34.1. The summed E-state index contributed by atoms with van der Waals surface area (Å²) in [6, 6.07) is 80.4. The largest absolute Gasteiger partial charge is 0.433 e. The van der Waals surface area contributed by atoms with E-state index in [4.69, 9.17) is 25.3 Å². The average molecular weight is 1270 g/mol. The van der Waals surface area contributed by atoms with Crippen LogP contribution in [0.15, 0.2) is 268 Å². The molecular formula is C69H96O6Si9. The summed E-state index contributed by atoms with van der Waals surface area (Å²) in [5.41, 5.74) is 5.26. The van der Waals surface area contributed by atoms with Crippen molar-refractivity contribution in [2.75, 3.05) is 14.2 Å². The maximum Gasteiger partial charge on any atom is 0.406 e. The molecule has 0 saturated carbocycles. The van der Waals surface area contributed by atoms with E-state index >= 15 is 0 Å². The summed E-state index contributed by atoms with van der Waals surface area (Å²) in [5.74, 6) is 0. The van der Waals surface area contributed by atoms with Gasteiger partial charge in [-0.1, -0.05) is 284 Å². The quantitative estimate of drug-likeness (QED) is 0.0528. The summed E-state index contributed by atoms with van der Waals surface area (Å²) in [4.78, 5) is 0. The Bertz CT molecular complexity index is 2970. The van der Waals surface area contributed by atoms with Crippen molar-refractivity contribution in [1.29, 1.82) is 0 Å². The minimum Gasteiger partial charge on any atom is -0.433 e. The molecular weight excluding hydrogens is 1180 g/mol. The van der Waals surface area contributed by atoms with Crippen LogP contribution < -0.4 is 46.7 Å². The zero-order valence-corrected chi connectivity index (χ0v) is 62.6. The Morgan fingerprint density at radius 2 is 0.595 bits per heavy atom. The molecule has 0 aliphatic heterocycles. The zero-order valence-electron chi connectivity index (χ0n) is 53.1. The van der Waals surface area contributed by atoms with Crippen LogP contribution in [0, 0.1) is 6.92 Å². The van der Waals surface area contributed by atoms with E-state index in [0.717, 1.165) is 20.7 Å². The SMILES string of the molecule is C=C.C=C[Si](C)(C)O[Si](O[SiH](C)C)(c1ccccc1)c1ccccc1.C=C[Si](C)(C)O[Si](O[Si](C)(C)c1ccc(C)cc1)(c1ccccc1)c1ccccc1.CO[Si](OC)(c1ccccc1)c1ccccc1.C[SiH](C)c1ccc([SiH](C)C)cc1. The number of rotatable bonds is 21. The molecule has 0 unspecified atom stereocenters. The molecule has 0 aliphatic carbocycles. The van der Waals surface area contributed by atoms with E-state index in [1.54, 1.807) is 24.6 Å². The van der Waals surface area contributed by atoms with E-state index in [1.807, 2.05) is 72.1 Å². The van der Waals surface area contributed by atoms with Gasteiger partial charge in [0.1, 0.15) is 0 Å². The molecule has 8 rings (SSSR count). The maximum atomic E-state index is 7.30. The molecule has 84 heavy (non-hydrogen) atoms. The fourth-order valence-corrected chi connectivity index (χ4v) is 35.8. The lowest BCUT2D eigenvalue weighted by molar-refractivity contribution is 0.272. The molecule has 444 valence electrons. The van der Waals surface area contributed by atoms with Crippen molar-refractivity contribution in [2.24, 2.45) is 0 Å². The predicted octanol–water partition coefficient (Wildman–Crippen LogP) is 11.2. The lowest BCUT2D eigenvalue weighted by Crippen LogP contribution is -2.71. The highest BCUT2D eigenvalue weighted by Crippen LogP contribution is 2.23. The van der Waals surface area contributed by atoms with Crippen LogP contribution >= 0.6 is 0 Å². The second-order valence-corrected chi connectivity index (χ2v) is 53.1. The molecule has 0 spiro atoms. The number of aryl methyl sites for hydroxylation is 1. The summed E-state index contributed by atoms with van der Waals surface area (Å²) in [7, 11) is -13.7. The third-order valence-corrected chi connectivity index (χ3v) is 41.9. The number of benzene rings is 8. The van der Waals surface area contributed by atoms with Gasteiger partial charge in [0, 0.05) is 14.2 Å². The topological polar surface area (TPSA) is 55.4 Å². The van der Waals surface area contributed by atoms with Crippen LogP contribution in [0.1, 0.15) is 5.56 Å². The Hall–Kier alpha value is -5.31. The summed E-state index contributed by atoms with van der Waals surface area (Å²) in [5, 5.41) is 11.3. The molecule has 0 atom stereocenters. The zero-order chi connectivity index (χ0) is 62.0. The Morgan fingerprint density at radius 3 is 0.845 bits per heavy atom. The van der Waals surface area contributed by atoms with E-state index in [1.165, 1.54) is 21.1 Å². The molecule has 15 heteroatoms. The van der Waals surface area contributed by atoms with Crippen molar-refractivity contribution < 1.29 is 25.3 Å². The van der Waals surface area contributed by atoms with Gasteiger partial charge in [0.2, 0.25) is 25.0 Å². The Labute approximate surface area is 519 Å². The third-order valence-electron chi connectivity index (χ3n) is 14.1. The molecule has 0 fully saturated rings. The molecule has 0 radical (unpaired) electrons. The predicted molar refractivity (Wildman–Crippen MR) is 389 cm³/mol. The minimum absolute atomic E-state index is 0.565. The van der Waals surface area contributed by atoms with Crippen LogP contribution in [0.3, 0.4) is 0 Å². The first-order chi connectivity index (χ1) is 40.0. The highest BCUT2D eigenvalue weighted by molar-refractivity contribution is 7.05. The van der Waals surface area contributed by atoms with Crippen molar-refractivity contribution in [1.82, 2.24) is 0 Å². The molecule has 0 bridgehead atoms. The normalized spacial score (nSPS) is 11.8. The van der Waals surface area contributed by atoms with E-state index in [2.05, 4.69) is 282 Å². The highest BCUT2D eigenvalue weighted by Gasteiger charge is 2.51. The summed E-state index contributed by atoms with van der Waals surface area (Å²) < 4.78 is 39.5. The van der Waals surface area contributed by atoms with Crippen molar-refractivity contribution in [3.05, 3.63) is 274 Å². The van der Waals surface area contributed by atoms with Gasteiger partial charge in [-0.05, 0) is 95.6 Å². The van der Waals surface area contributed by atoms with Crippen LogP contribution in [0.4, 0.5) is 0 Å². The molecule has 8 aromatic rings. The summed E-state index contributed by atoms with van der Waals surface area (Å²) >= 11 is 0. The van der Waals surface area contributed by atoms with Crippen molar-refractivity contribution >= 4 is 124 Å². The average Bonchev–Trinajstić information content (AvgIpc) is 3.05. The molecule has 0 aliphatic rings. The van der Waals surface area contributed by atoms with Gasteiger partial charge in [-0.15, -0.1) is 26.3 Å². The minimum atomic E-state index is -2.98. The molecule has 0 N–H and O–H groups in total. The third kappa shape index (κ3) is 20.1. The summed E-state index contributed by atoms with van der Waals surface area (Å²) in [6.07, 6.45) is 0. The molecule has 8 aromatic carbocycles. The van der Waals surface area contributed by atoms with Gasteiger partial charge in [-0.2, -0.15) is 0 Å². The van der Waals surface area contributed by atoms with E-state index in [0.29, 0.717) is 0 Å². The fraction of sp³-hybridized carbons (Fsp3) is 0.217. The number of hydrogen-bond acceptors (Lipinski definition) is 6. The van der Waals surface area contributed by atoms with Gasteiger partial charge in [-0.3, -0.25) is 0 Å². The van der Waals surface area contributed by atoms with Crippen LogP contribution in [-0.4, -0.2) is 91.5 Å². The van der Waals surface area contributed by atoms with Crippen LogP contribution in [0.2, 0.25) is 78.6 Å². The fourth-order valence-electron chi connectivity index (χ4n) is 9.33. The Kier molecular flexibility index (Phi) is 28.9. The second-order valence-electron chi connectivity index (χ2n) is 22.9. The van der Waals surface area contributed by atoms with Crippen molar-refractivity contribution in [2.45, 2.75) is 85.5 Å². The van der Waals surface area contributed by atoms with E-state index in [9.17, 15) is 0 Å². The lowest BCUT2D eigenvalue weighted by atomic mass is 10.2. The monoisotopic (exact) mass is 1270 g/mol. The molecule has 0 amide bonds. The van der Waals surface area contributed by atoms with Crippen LogP contribution in [-0.2, 0) is 25.3 Å². The van der Waals surface area contributed by atoms with Gasteiger partial charge in [0.05, 0.1) is 17.6 Å². The first-order valence-electron chi connectivity index (χ1n) is 29.2. The van der Waals surface area contributed by atoms with Crippen LogP contribution in [0.5, 0.6) is 0 Å². The molecule has 0 saturated heterocycles. The highest BCUT2D eigenvalue weighted by atomic mass is 28.5. The smallest absolute Gasteiger partial charge is 0.406 e. The summed E-state index contributed by atoms with van der Waals surface area (Å²) in [6.45, 7) is 43.4. The Balaban J connectivity index is 0.000000249. The molecule has 0 heterocycles. The number of hydrogen-bond donors (Lipinski definition) is 0. The first kappa shape index (κ1) is 71.2. The Morgan fingerprint density at radius 1 is 0.333 bits per heavy atom. The molecule has 6 nitrogen and oxygen atoms in total. The first-order valence-corrected chi connectivity index (χ1v) is 52.1. The van der Waals surface area contributed by atoms with Crippen molar-refractivity contribution in [3.8, 4) is 0 Å². The van der Waals surface area contributed by atoms with E-state index in [-0.39, 0.29) is 0 Å². The van der Waals surface area contributed by atoms with Gasteiger partial charge in [-0.25, -0.2) is 0 Å². The standard InChI is InChI=1S/C25H32O2Si3.C18H26O2Si3.C14H16O2Si.C10H18Si2.C2H4/c1-7-28(3,4)26-30(24-14-10-8-11-15-24,25-16-12-9-13-17-25)27-29(5,6)23-20-18-22(2)19-21-23;1-6-22(4,5)20-23(19-21(2)3,17-13-9-7-10-14-17)18-15-11-8-12-16-18;1-15-17(16-2,13-9-5-3-6-10-13)14-11-7-4-8-12-14;1-11(2)9-5-7-10(8-6-9)12(3)4;1-2/h7-21H,1H2,2-6H3;6-16,21H,1H2,2-5H3;3-12H,1-2H3;5-8,11-12H,1-4H3;1-2H2. The molecule has 0 aromatic heterocycles. The lowest BCUT2D eigenvalue weighted by Gasteiger charge is -2.42. The van der Waals surface area contributed by atoms with Gasteiger partial charge < -0.3 is 25.3 Å².